The third-order valence-corrected chi connectivity index (χ3v) is 3.49. The second kappa shape index (κ2) is 6.39. The Kier molecular flexibility index (Phi) is 5.48. The highest BCUT2D eigenvalue weighted by molar-refractivity contribution is 9.11. The summed E-state index contributed by atoms with van der Waals surface area (Å²) in [6.07, 6.45) is 0. The van der Waals surface area contributed by atoms with E-state index in [1.165, 1.54) is 5.56 Å². The van der Waals surface area contributed by atoms with Gasteiger partial charge in [0.1, 0.15) is 5.76 Å². The molecular formula is C10H12BrClN2OS. The largest absolute Gasteiger partial charge is 0.361 e. The lowest BCUT2D eigenvalue weighted by Crippen LogP contribution is -2.12. The zero-order valence-corrected chi connectivity index (χ0v) is 11.9. The summed E-state index contributed by atoms with van der Waals surface area (Å²) in [5.74, 6) is 0.852. The molecule has 0 amide bonds. The lowest BCUT2D eigenvalue weighted by Gasteiger charge is -1.98. The molecule has 0 spiro atoms. The average molecular weight is 324 g/mol. The Labute approximate surface area is 113 Å². The van der Waals surface area contributed by atoms with E-state index in [1.54, 1.807) is 11.3 Å². The third-order valence-electron chi connectivity index (χ3n) is 1.93. The molecule has 0 fully saturated rings. The van der Waals surface area contributed by atoms with Crippen LogP contribution < -0.4 is 5.32 Å². The van der Waals surface area contributed by atoms with Crippen LogP contribution in [0.4, 0.5) is 0 Å². The first-order valence-corrected chi connectivity index (χ1v) is 6.27. The minimum atomic E-state index is 0. The zero-order chi connectivity index (χ0) is 10.7. The molecule has 0 saturated heterocycles. The molecule has 88 valence electrons. The van der Waals surface area contributed by atoms with Gasteiger partial charge in [-0.25, -0.2) is 0 Å². The number of rotatable bonds is 4. The van der Waals surface area contributed by atoms with Crippen LogP contribution in [0, 0.1) is 6.92 Å². The fraction of sp³-hybridized carbons (Fsp3) is 0.300. The van der Waals surface area contributed by atoms with Crippen molar-refractivity contribution in [1.82, 2.24) is 10.5 Å². The average Bonchev–Trinajstić information content (AvgIpc) is 2.76. The standard InChI is InChI=1S/C10H11BrN2OS.ClH/c1-7-2-9(13-14-7)5-12-4-8-3-10(11)15-6-8;/h2-3,6,12H,4-5H2,1H3;1H. The highest BCUT2D eigenvalue weighted by atomic mass is 79.9. The van der Waals surface area contributed by atoms with Gasteiger partial charge in [0.15, 0.2) is 0 Å². The summed E-state index contributed by atoms with van der Waals surface area (Å²) in [6.45, 7) is 3.49. The van der Waals surface area contributed by atoms with Crippen molar-refractivity contribution < 1.29 is 4.52 Å². The first-order chi connectivity index (χ1) is 7.24. The molecule has 2 aromatic heterocycles. The van der Waals surface area contributed by atoms with Crippen LogP contribution in [-0.2, 0) is 13.1 Å². The molecule has 0 bridgehead atoms. The van der Waals surface area contributed by atoms with E-state index in [2.05, 4.69) is 37.8 Å². The lowest BCUT2D eigenvalue weighted by atomic mass is 10.3. The highest BCUT2D eigenvalue weighted by Gasteiger charge is 2.00. The fourth-order valence-electron chi connectivity index (χ4n) is 1.27. The topological polar surface area (TPSA) is 38.1 Å². The van der Waals surface area contributed by atoms with E-state index in [0.717, 1.165) is 28.3 Å². The van der Waals surface area contributed by atoms with Gasteiger partial charge in [-0.15, -0.1) is 23.7 Å². The number of hydrogen-bond acceptors (Lipinski definition) is 4. The molecule has 0 atom stereocenters. The monoisotopic (exact) mass is 322 g/mol. The molecular weight excluding hydrogens is 312 g/mol. The van der Waals surface area contributed by atoms with E-state index in [-0.39, 0.29) is 12.4 Å². The summed E-state index contributed by atoms with van der Waals surface area (Å²) in [6, 6.07) is 4.06. The van der Waals surface area contributed by atoms with Crippen molar-refractivity contribution in [2.75, 3.05) is 0 Å². The Morgan fingerprint density at radius 2 is 2.25 bits per heavy atom. The van der Waals surface area contributed by atoms with Gasteiger partial charge >= 0.3 is 0 Å². The number of nitrogens with zero attached hydrogens (tertiary/aromatic N) is 1. The quantitative estimate of drug-likeness (QED) is 0.935. The van der Waals surface area contributed by atoms with E-state index in [4.69, 9.17) is 4.52 Å². The molecule has 6 heteroatoms. The van der Waals surface area contributed by atoms with Crippen LogP contribution in [0.15, 0.2) is 25.8 Å². The van der Waals surface area contributed by atoms with Crippen molar-refractivity contribution in [3.63, 3.8) is 0 Å². The number of nitrogens with one attached hydrogen (secondary N) is 1. The molecule has 0 aliphatic carbocycles. The van der Waals surface area contributed by atoms with Crippen LogP contribution in [0.2, 0.25) is 0 Å². The van der Waals surface area contributed by atoms with Crippen molar-refractivity contribution in [2.45, 2.75) is 20.0 Å². The lowest BCUT2D eigenvalue weighted by molar-refractivity contribution is 0.388. The summed E-state index contributed by atoms with van der Waals surface area (Å²) in [4.78, 5) is 0. The highest BCUT2D eigenvalue weighted by Crippen LogP contribution is 2.20. The van der Waals surface area contributed by atoms with Crippen LogP contribution >= 0.6 is 39.7 Å². The van der Waals surface area contributed by atoms with Crippen LogP contribution in [0.5, 0.6) is 0 Å². The molecule has 2 aromatic rings. The van der Waals surface area contributed by atoms with Gasteiger partial charge in [-0.2, -0.15) is 0 Å². The Bertz CT molecular complexity index is 403. The molecule has 0 aromatic carbocycles. The van der Waals surface area contributed by atoms with E-state index in [0.29, 0.717) is 0 Å². The van der Waals surface area contributed by atoms with Crippen molar-refractivity contribution in [2.24, 2.45) is 0 Å². The van der Waals surface area contributed by atoms with Crippen LogP contribution in [0.25, 0.3) is 0 Å². The number of aryl methyl sites for hydroxylation is 1. The maximum absolute atomic E-state index is 4.98. The summed E-state index contributed by atoms with van der Waals surface area (Å²) >= 11 is 5.13. The molecule has 2 rings (SSSR count). The predicted molar refractivity (Wildman–Crippen MR) is 71.1 cm³/mol. The summed E-state index contributed by atoms with van der Waals surface area (Å²) in [5.41, 5.74) is 2.23. The van der Waals surface area contributed by atoms with Crippen molar-refractivity contribution in [3.8, 4) is 0 Å². The Morgan fingerprint density at radius 3 is 2.81 bits per heavy atom. The first kappa shape index (κ1) is 13.7. The normalized spacial score (nSPS) is 10.1. The smallest absolute Gasteiger partial charge is 0.133 e. The Balaban J connectivity index is 0.00000128. The number of aromatic nitrogens is 1. The number of thiophene rings is 1. The van der Waals surface area contributed by atoms with Crippen LogP contribution in [-0.4, -0.2) is 5.16 Å². The van der Waals surface area contributed by atoms with Crippen LogP contribution in [0.3, 0.4) is 0 Å². The SMILES string of the molecule is Cc1cc(CNCc2csc(Br)c2)no1.Cl. The molecule has 0 radical (unpaired) electrons. The fourth-order valence-corrected chi connectivity index (χ4v) is 2.48. The summed E-state index contributed by atoms with van der Waals surface area (Å²) < 4.78 is 6.14. The maximum atomic E-state index is 4.98. The third kappa shape index (κ3) is 3.90. The van der Waals surface area contributed by atoms with Crippen molar-refractivity contribution >= 4 is 39.7 Å². The van der Waals surface area contributed by atoms with Gasteiger partial charge in [-0.05, 0) is 39.9 Å². The van der Waals surface area contributed by atoms with Gasteiger partial charge in [0.05, 0.1) is 9.48 Å². The number of hydrogen-bond donors (Lipinski definition) is 1. The molecule has 0 saturated carbocycles. The van der Waals surface area contributed by atoms with Gasteiger partial charge < -0.3 is 9.84 Å². The molecule has 0 unspecified atom stereocenters. The molecule has 3 nitrogen and oxygen atoms in total. The molecule has 16 heavy (non-hydrogen) atoms. The van der Waals surface area contributed by atoms with Gasteiger partial charge in [0.25, 0.3) is 0 Å². The Hall–Kier alpha value is -0.360. The van der Waals surface area contributed by atoms with Gasteiger partial charge in [-0.3, -0.25) is 0 Å². The van der Waals surface area contributed by atoms with Gasteiger partial charge in [0, 0.05) is 19.2 Å². The molecule has 2 heterocycles. The molecule has 0 aliphatic rings. The zero-order valence-electron chi connectivity index (χ0n) is 8.70. The van der Waals surface area contributed by atoms with Crippen molar-refractivity contribution in [1.29, 1.82) is 0 Å². The van der Waals surface area contributed by atoms with E-state index < -0.39 is 0 Å². The minimum Gasteiger partial charge on any atom is -0.361 e. The van der Waals surface area contributed by atoms with E-state index >= 15 is 0 Å². The second-order valence-corrected chi connectivity index (χ2v) is 5.58. The van der Waals surface area contributed by atoms with Gasteiger partial charge in [-0.1, -0.05) is 5.16 Å². The molecule has 1 N–H and O–H groups in total. The maximum Gasteiger partial charge on any atom is 0.133 e. The van der Waals surface area contributed by atoms with Gasteiger partial charge in [0.2, 0.25) is 0 Å². The van der Waals surface area contributed by atoms with Crippen molar-refractivity contribution in [3.05, 3.63) is 38.3 Å². The number of halogens is 2. The Morgan fingerprint density at radius 1 is 1.44 bits per heavy atom. The predicted octanol–water partition coefficient (Wildman–Crippen LogP) is 3.52. The molecule has 0 aliphatic heterocycles. The second-order valence-electron chi connectivity index (χ2n) is 3.29. The van der Waals surface area contributed by atoms with Crippen LogP contribution in [0.1, 0.15) is 17.0 Å². The van der Waals surface area contributed by atoms with E-state index in [1.807, 2.05) is 13.0 Å². The first-order valence-electron chi connectivity index (χ1n) is 4.60. The summed E-state index contributed by atoms with van der Waals surface area (Å²) in [7, 11) is 0. The minimum absolute atomic E-state index is 0. The summed E-state index contributed by atoms with van der Waals surface area (Å²) in [5, 5.41) is 9.35. The van der Waals surface area contributed by atoms with E-state index in [9.17, 15) is 0 Å².